The summed E-state index contributed by atoms with van der Waals surface area (Å²) in [5.41, 5.74) is 0.570. The zero-order chi connectivity index (χ0) is 13.8. The van der Waals surface area contributed by atoms with Crippen LogP contribution in [-0.4, -0.2) is 10.1 Å². The van der Waals surface area contributed by atoms with Gasteiger partial charge in [0, 0.05) is 4.90 Å². The number of hydrogen-bond acceptors (Lipinski definition) is 6. The molecule has 0 bridgehead atoms. The number of thioether (sulfide) groups is 1. The highest BCUT2D eigenvalue weighted by Gasteiger charge is 2.14. The fraction of sp³-hybridized carbons (Fsp3) is 0.0714. The van der Waals surface area contributed by atoms with E-state index in [4.69, 9.17) is 9.78 Å². The minimum absolute atomic E-state index is 0.417. The molecule has 1 aromatic carbocycles. The zero-order valence-corrected chi connectivity index (χ0v) is 11.9. The van der Waals surface area contributed by atoms with Crippen molar-refractivity contribution in [1.29, 1.82) is 5.26 Å². The maximum Gasteiger partial charge on any atom is 0.269 e. The lowest BCUT2D eigenvalue weighted by Crippen LogP contribution is -1.84. The summed E-state index contributed by atoms with van der Waals surface area (Å²) in [6, 6.07) is 13.9. The van der Waals surface area contributed by atoms with E-state index in [-0.39, 0.29) is 0 Å². The van der Waals surface area contributed by atoms with Crippen LogP contribution < -0.4 is 0 Å². The standard InChI is InChI=1S/C14H9N3OS2/c15-8-10-6-7-19-13(10)14-16-12(17-18-14)9-20-11-4-2-1-3-5-11/h1-7H,9H2. The molecule has 0 aliphatic carbocycles. The molecule has 0 fully saturated rings. The number of hydrogen-bond donors (Lipinski definition) is 0. The number of thiophene rings is 1. The number of nitriles is 1. The summed E-state index contributed by atoms with van der Waals surface area (Å²) in [5, 5.41) is 14.8. The molecule has 0 saturated carbocycles. The van der Waals surface area contributed by atoms with E-state index in [1.54, 1.807) is 17.8 Å². The molecular formula is C14H9N3OS2. The van der Waals surface area contributed by atoms with Crippen molar-refractivity contribution in [3.05, 3.63) is 53.2 Å². The van der Waals surface area contributed by atoms with Crippen LogP contribution in [0, 0.1) is 11.3 Å². The zero-order valence-electron chi connectivity index (χ0n) is 10.3. The predicted octanol–water partition coefficient (Wildman–Crippen LogP) is 3.96. The Morgan fingerprint density at radius 3 is 2.90 bits per heavy atom. The summed E-state index contributed by atoms with van der Waals surface area (Å²) in [5.74, 6) is 1.69. The van der Waals surface area contributed by atoms with Gasteiger partial charge in [-0.2, -0.15) is 10.2 Å². The molecule has 2 aromatic heterocycles. The van der Waals surface area contributed by atoms with Crippen molar-refractivity contribution in [2.75, 3.05) is 0 Å². The van der Waals surface area contributed by atoms with Crippen molar-refractivity contribution >= 4 is 23.1 Å². The van der Waals surface area contributed by atoms with Gasteiger partial charge in [0.1, 0.15) is 10.9 Å². The molecule has 3 rings (SSSR count). The van der Waals surface area contributed by atoms with E-state index < -0.39 is 0 Å². The third-order valence-electron chi connectivity index (χ3n) is 2.56. The van der Waals surface area contributed by atoms with Crippen LogP contribution in [0.1, 0.15) is 11.4 Å². The van der Waals surface area contributed by atoms with Crippen molar-refractivity contribution in [3.8, 4) is 16.8 Å². The minimum atomic E-state index is 0.417. The molecule has 98 valence electrons. The SMILES string of the molecule is N#Cc1ccsc1-c1nc(CSc2ccccc2)no1. The quantitative estimate of drug-likeness (QED) is 0.682. The topological polar surface area (TPSA) is 62.7 Å². The summed E-state index contributed by atoms with van der Waals surface area (Å²) in [6.45, 7) is 0. The highest BCUT2D eigenvalue weighted by molar-refractivity contribution is 7.98. The Morgan fingerprint density at radius 2 is 2.10 bits per heavy atom. The average Bonchev–Trinajstić information content (AvgIpc) is 3.14. The molecule has 0 radical (unpaired) electrons. The monoisotopic (exact) mass is 299 g/mol. The summed E-state index contributed by atoms with van der Waals surface area (Å²) in [4.78, 5) is 6.23. The summed E-state index contributed by atoms with van der Waals surface area (Å²) in [7, 11) is 0. The van der Waals surface area contributed by atoms with E-state index in [0.717, 1.165) is 9.77 Å². The molecule has 4 nitrogen and oxygen atoms in total. The molecule has 2 heterocycles. The highest BCUT2D eigenvalue weighted by atomic mass is 32.2. The molecule has 6 heteroatoms. The third-order valence-corrected chi connectivity index (χ3v) is 4.47. The average molecular weight is 299 g/mol. The van der Waals surface area contributed by atoms with E-state index in [1.165, 1.54) is 11.3 Å². The predicted molar refractivity (Wildman–Crippen MR) is 78.3 cm³/mol. The molecule has 0 aliphatic rings. The first-order valence-corrected chi connectivity index (χ1v) is 7.72. The normalized spacial score (nSPS) is 10.3. The van der Waals surface area contributed by atoms with Gasteiger partial charge in [0.15, 0.2) is 5.82 Å². The van der Waals surface area contributed by atoms with Gasteiger partial charge in [-0.1, -0.05) is 23.4 Å². The fourth-order valence-corrected chi connectivity index (χ4v) is 3.16. The van der Waals surface area contributed by atoms with Crippen molar-refractivity contribution < 1.29 is 4.52 Å². The molecular weight excluding hydrogens is 290 g/mol. The van der Waals surface area contributed by atoms with Gasteiger partial charge >= 0.3 is 0 Å². The van der Waals surface area contributed by atoms with E-state index in [0.29, 0.717) is 23.0 Å². The Bertz CT molecular complexity index is 743. The van der Waals surface area contributed by atoms with Crippen LogP contribution in [-0.2, 0) is 5.75 Å². The van der Waals surface area contributed by atoms with Gasteiger partial charge in [0.2, 0.25) is 0 Å². The van der Waals surface area contributed by atoms with Crippen molar-refractivity contribution in [2.24, 2.45) is 0 Å². The molecule has 0 amide bonds. The highest BCUT2D eigenvalue weighted by Crippen LogP contribution is 2.28. The Labute approximate surface area is 124 Å². The maximum absolute atomic E-state index is 8.99. The number of rotatable bonds is 4. The van der Waals surface area contributed by atoms with E-state index >= 15 is 0 Å². The Kier molecular flexibility index (Phi) is 3.81. The first kappa shape index (κ1) is 12.9. The Balaban J connectivity index is 1.73. The van der Waals surface area contributed by atoms with Gasteiger partial charge < -0.3 is 4.52 Å². The molecule has 0 atom stereocenters. The smallest absolute Gasteiger partial charge is 0.269 e. The van der Waals surface area contributed by atoms with Crippen molar-refractivity contribution in [1.82, 2.24) is 10.1 Å². The molecule has 0 saturated heterocycles. The molecule has 20 heavy (non-hydrogen) atoms. The second-order valence-electron chi connectivity index (χ2n) is 3.89. The molecule has 0 aliphatic heterocycles. The third kappa shape index (κ3) is 2.74. The Morgan fingerprint density at radius 1 is 1.25 bits per heavy atom. The van der Waals surface area contributed by atoms with Crippen LogP contribution in [0.25, 0.3) is 10.8 Å². The molecule has 3 aromatic rings. The summed E-state index contributed by atoms with van der Waals surface area (Å²) < 4.78 is 5.22. The van der Waals surface area contributed by atoms with Crippen LogP contribution >= 0.6 is 23.1 Å². The minimum Gasteiger partial charge on any atom is -0.333 e. The number of aromatic nitrogens is 2. The summed E-state index contributed by atoms with van der Waals surface area (Å²) in [6.07, 6.45) is 0. The lowest BCUT2D eigenvalue weighted by Gasteiger charge is -1.96. The van der Waals surface area contributed by atoms with Gasteiger partial charge in [-0.3, -0.25) is 0 Å². The first-order chi connectivity index (χ1) is 9.86. The lowest BCUT2D eigenvalue weighted by atomic mass is 10.3. The second kappa shape index (κ2) is 5.90. The van der Waals surface area contributed by atoms with Gasteiger partial charge in [0.05, 0.1) is 11.3 Å². The number of benzene rings is 1. The van der Waals surface area contributed by atoms with Crippen LogP contribution in [0.15, 0.2) is 51.2 Å². The number of nitrogens with zero attached hydrogens (tertiary/aromatic N) is 3. The van der Waals surface area contributed by atoms with Gasteiger partial charge in [-0.05, 0) is 23.6 Å². The second-order valence-corrected chi connectivity index (χ2v) is 5.86. The van der Waals surface area contributed by atoms with Crippen LogP contribution in [0.4, 0.5) is 0 Å². The van der Waals surface area contributed by atoms with Crippen LogP contribution in [0.5, 0.6) is 0 Å². The van der Waals surface area contributed by atoms with Gasteiger partial charge in [-0.15, -0.1) is 23.1 Å². The van der Waals surface area contributed by atoms with Gasteiger partial charge in [0.25, 0.3) is 5.89 Å². The van der Waals surface area contributed by atoms with E-state index in [9.17, 15) is 0 Å². The largest absolute Gasteiger partial charge is 0.333 e. The summed E-state index contributed by atoms with van der Waals surface area (Å²) >= 11 is 3.08. The van der Waals surface area contributed by atoms with E-state index in [2.05, 4.69) is 16.2 Å². The maximum atomic E-state index is 8.99. The molecule has 0 spiro atoms. The Hall–Kier alpha value is -2.10. The van der Waals surface area contributed by atoms with Crippen molar-refractivity contribution in [3.63, 3.8) is 0 Å². The van der Waals surface area contributed by atoms with Gasteiger partial charge in [-0.25, -0.2) is 0 Å². The van der Waals surface area contributed by atoms with Crippen LogP contribution in [0.2, 0.25) is 0 Å². The molecule has 0 N–H and O–H groups in total. The lowest BCUT2D eigenvalue weighted by molar-refractivity contribution is 0.426. The van der Waals surface area contributed by atoms with Crippen molar-refractivity contribution in [2.45, 2.75) is 10.6 Å². The fourth-order valence-electron chi connectivity index (χ4n) is 1.63. The van der Waals surface area contributed by atoms with Crippen LogP contribution in [0.3, 0.4) is 0 Å². The first-order valence-electron chi connectivity index (χ1n) is 5.85. The van der Waals surface area contributed by atoms with E-state index in [1.807, 2.05) is 35.7 Å². The molecule has 0 unspecified atom stereocenters.